The van der Waals surface area contributed by atoms with E-state index in [1.807, 2.05) is 0 Å². The van der Waals surface area contributed by atoms with E-state index >= 15 is 0 Å². The minimum Gasteiger partial charge on any atom is -0.493 e. The van der Waals surface area contributed by atoms with Crippen molar-refractivity contribution in [2.75, 3.05) is 21.3 Å². The summed E-state index contributed by atoms with van der Waals surface area (Å²) in [5.41, 5.74) is 0.664. The highest BCUT2D eigenvalue weighted by molar-refractivity contribution is 9.10. The molecule has 0 radical (unpaired) electrons. The van der Waals surface area contributed by atoms with E-state index in [1.54, 1.807) is 18.2 Å². The van der Waals surface area contributed by atoms with Crippen molar-refractivity contribution in [1.82, 2.24) is 0 Å². The second-order valence-electron chi connectivity index (χ2n) is 5.42. The number of ether oxygens (including phenoxy) is 4. The zero-order valence-corrected chi connectivity index (χ0v) is 16.3. The van der Waals surface area contributed by atoms with Crippen molar-refractivity contribution in [1.29, 1.82) is 0 Å². The summed E-state index contributed by atoms with van der Waals surface area (Å²) in [4.78, 5) is 16.3. The molecule has 6 nitrogen and oxygen atoms in total. The predicted molar refractivity (Wildman–Crippen MR) is 101 cm³/mol. The maximum Gasteiger partial charge on any atom is 0.363 e. The van der Waals surface area contributed by atoms with Crippen LogP contribution in [0.2, 0.25) is 0 Å². The SMILES string of the molecule is COc1cc(C2=N/C(=C\c3ccc(Br)cc3F)C(=O)O2)cc(OC)c1OC. The van der Waals surface area contributed by atoms with Crippen molar-refractivity contribution < 1.29 is 28.1 Å². The molecule has 8 heteroatoms. The Hall–Kier alpha value is -2.87. The highest BCUT2D eigenvalue weighted by Crippen LogP contribution is 2.39. The van der Waals surface area contributed by atoms with Gasteiger partial charge in [0.25, 0.3) is 0 Å². The molecule has 1 aliphatic heterocycles. The molecule has 0 N–H and O–H groups in total. The zero-order valence-electron chi connectivity index (χ0n) is 14.7. The topological polar surface area (TPSA) is 66.4 Å². The molecule has 0 saturated heterocycles. The molecule has 27 heavy (non-hydrogen) atoms. The zero-order chi connectivity index (χ0) is 19.6. The lowest BCUT2D eigenvalue weighted by Crippen LogP contribution is -2.07. The fraction of sp³-hybridized carbons (Fsp3) is 0.158. The number of hydrogen-bond donors (Lipinski definition) is 0. The lowest BCUT2D eigenvalue weighted by atomic mass is 10.1. The summed E-state index contributed by atoms with van der Waals surface area (Å²) in [6.07, 6.45) is 1.33. The van der Waals surface area contributed by atoms with Gasteiger partial charge >= 0.3 is 5.97 Å². The molecule has 0 amide bonds. The van der Waals surface area contributed by atoms with Gasteiger partial charge in [0.15, 0.2) is 17.2 Å². The van der Waals surface area contributed by atoms with E-state index in [4.69, 9.17) is 18.9 Å². The van der Waals surface area contributed by atoms with Gasteiger partial charge in [0.2, 0.25) is 11.6 Å². The molecule has 0 bridgehead atoms. The summed E-state index contributed by atoms with van der Waals surface area (Å²) in [6, 6.07) is 7.72. The first-order valence-electron chi connectivity index (χ1n) is 7.74. The molecule has 0 aromatic heterocycles. The second-order valence-corrected chi connectivity index (χ2v) is 6.33. The van der Waals surface area contributed by atoms with Crippen LogP contribution in [0.25, 0.3) is 6.08 Å². The van der Waals surface area contributed by atoms with Crippen LogP contribution in [-0.4, -0.2) is 33.2 Å². The monoisotopic (exact) mass is 435 g/mol. The van der Waals surface area contributed by atoms with Gasteiger partial charge in [0.1, 0.15) is 5.82 Å². The van der Waals surface area contributed by atoms with Gasteiger partial charge in [0.05, 0.1) is 21.3 Å². The first-order valence-corrected chi connectivity index (χ1v) is 8.54. The Balaban J connectivity index is 2.02. The van der Waals surface area contributed by atoms with Crippen molar-refractivity contribution >= 4 is 33.9 Å². The molecule has 1 heterocycles. The number of nitrogens with zero attached hydrogens (tertiary/aromatic N) is 1. The van der Waals surface area contributed by atoms with Crippen LogP contribution in [0.3, 0.4) is 0 Å². The number of methoxy groups -OCH3 is 3. The third-order valence-electron chi connectivity index (χ3n) is 3.79. The minimum atomic E-state index is -0.680. The van der Waals surface area contributed by atoms with Crippen LogP contribution >= 0.6 is 15.9 Å². The number of carbonyl (C=O) groups is 1. The highest BCUT2D eigenvalue weighted by atomic mass is 79.9. The number of cyclic esters (lactones) is 1. The van der Waals surface area contributed by atoms with Gasteiger partial charge < -0.3 is 18.9 Å². The normalized spacial score (nSPS) is 14.8. The summed E-state index contributed by atoms with van der Waals surface area (Å²) in [5.74, 6) is 0.0792. The van der Waals surface area contributed by atoms with Crippen LogP contribution in [0.1, 0.15) is 11.1 Å². The lowest BCUT2D eigenvalue weighted by molar-refractivity contribution is -0.129. The molecule has 140 valence electrons. The molecule has 0 aliphatic carbocycles. The number of rotatable bonds is 5. The van der Waals surface area contributed by atoms with Crippen molar-refractivity contribution in [2.24, 2.45) is 4.99 Å². The minimum absolute atomic E-state index is 0.0139. The molecule has 0 spiro atoms. The summed E-state index contributed by atoms with van der Waals surface area (Å²) in [6.45, 7) is 0. The van der Waals surface area contributed by atoms with E-state index in [0.717, 1.165) is 0 Å². The van der Waals surface area contributed by atoms with Crippen LogP contribution in [0.4, 0.5) is 4.39 Å². The van der Waals surface area contributed by atoms with Gasteiger partial charge in [-0.3, -0.25) is 0 Å². The second kappa shape index (κ2) is 7.79. The van der Waals surface area contributed by atoms with Gasteiger partial charge in [-0.2, -0.15) is 0 Å². The maximum atomic E-state index is 14.0. The van der Waals surface area contributed by atoms with Gasteiger partial charge in [-0.15, -0.1) is 0 Å². The molecule has 3 rings (SSSR count). The summed E-state index contributed by atoms with van der Waals surface area (Å²) < 4.78 is 35.7. The van der Waals surface area contributed by atoms with Crippen LogP contribution in [-0.2, 0) is 9.53 Å². The Kier molecular flexibility index (Phi) is 5.46. The summed E-state index contributed by atoms with van der Waals surface area (Å²) in [5, 5.41) is 0. The van der Waals surface area contributed by atoms with E-state index in [2.05, 4.69) is 20.9 Å². The largest absolute Gasteiger partial charge is 0.493 e. The number of halogens is 2. The molecule has 2 aromatic rings. The number of esters is 1. The van der Waals surface area contributed by atoms with Crippen molar-refractivity contribution in [3.8, 4) is 17.2 Å². The van der Waals surface area contributed by atoms with Gasteiger partial charge in [0, 0.05) is 15.6 Å². The Morgan fingerprint density at radius 1 is 1.07 bits per heavy atom. The fourth-order valence-electron chi connectivity index (χ4n) is 2.50. The Bertz CT molecular complexity index is 946. The quantitative estimate of drug-likeness (QED) is 0.525. The fourth-order valence-corrected chi connectivity index (χ4v) is 2.84. The first-order chi connectivity index (χ1) is 13.0. The summed E-state index contributed by atoms with van der Waals surface area (Å²) in [7, 11) is 4.44. The lowest BCUT2D eigenvalue weighted by Gasteiger charge is -2.13. The molecular formula is C19H15BrFNO5. The third kappa shape index (κ3) is 3.80. The van der Waals surface area contributed by atoms with Crippen LogP contribution in [0.5, 0.6) is 17.2 Å². The van der Waals surface area contributed by atoms with E-state index in [0.29, 0.717) is 27.3 Å². The number of aliphatic imine (C=N–C) groups is 1. The average molecular weight is 436 g/mol. The molecule has 0 unspecified atom stereocenters. The summed E-state index contributed by atoms with van der Waals surface area (Å²) >= 11 is 3.19. The van der Waals surface area contributed by atoms with E-state index < -0.39 is 11.8 Å². The number of hydrogen-bond acceptors (Lipinski definition) is 6. The van der Waals surface area contributed by atoms with E-state index in [9.17, 15) is 9.18 Å². The standard InChI is InChI=1S/C19H15BrFNO5/c1-24-15-7-11(8-16(25-2)17(15)26-3)18-22-14(19(23)27-18)6-10-4-5-12(20)9-13(10)21/h4-9H,1-3H3/b14-6-. The van der Waals surface area contributed by atoms with Crippen molar-refractivity contribution in [2.45, 2.75) is 0 Å². The van der Waals surface area contributed by atoms with Crippen molar-refractivity contribution in [3.05, 3.63) is 57.4 Å². The Labute approximate surface area is 163 Å². The molecule has 0 saturated carbocycles. The molecule has 0 fully saturated rings. The molecule has 0 atom stereocenters. The Morgan fingerprint density at radius 3 is 2.30 bits per heavy atom. The van der Waals surface area contributed by atoms with Crippen molar-refractivity contribution in [3.63, 3.8) is 0 Å². The first kappa shape index (κ1) is 18.9. The molecule has 2 aromatic carbocycles. The average Bonchev–Trinajstić information content (AvgIpc) is 3.03. The van der Waals surface area contributed by atoms with Crippen LogP contribution < -0.4 is 14.2 Å². The van der Waals surface area contributed by atoms with Gasteiger partial charge in [-0.25, -0.2) is 14.2 Å². The number of carbonyl (C=O) groups excluding carboxylic acids is 1. The third-order valence-corrected chi connectivity index (χ3v) is 4.28. The number of benzene rings is 2. The highest BCUT2D eigenvalue weighted by Gasteiger charge is 2.26. The molecule has 1 aliphatic rings. The van der Waals surface area contributed by atoms with Crippen LogP contribution in [0.15, 0.2) is 45.5 Å². The van der Waals surface area contributed by atoms with E-state index in [1.165, 1.54) is 39.5 Å². The van der Waals surface area contributed by atoms with Crippen LogP contribution in [0, 0.1) is 5.82 Å². The van der Waals surface area contributed by atoms with E-state index in [-0.39, 0.29) is 17.2 Å². The van der Waals surface area contributed by atoms with Gasteiger partial charge in [-0.05, 0) is 30.3 Å². The predicted octanol–water partition coefficient (Wildman–Crippen LogP) is 3.96. The maximum absolute atomic E-state index is 14.0. The van der Waals surface area contributed by atoms with Gasteiger partial charge in [-0.1, -0.05) is 22.0 Å². The smallest absolute Gasteiger partial charge is 0.363 e. The molecular weight excluding hydrogens is 421 g/mol. The Morgan fingerprint density at radius 2 is 1.74 bits per heavy atom.